The van der Waals surface area contributed by atoms with Gasteiger partial charge in [0.1, 0.15) is 0 Å². The van der Waals surface area contributed by atoms with Gasteiger partial charge in [0.2, 0.25) is 0 Å². The van der Waals surface area contributed by atoms with Gasteiger partial charge in [-0.2, -0.15) is 0 Å². The zero-order valence-corrected chi connectivity index (χ0v) is 11.1. The molecule has 2 N–H and O–H groups in total. The smallest absolute Gasteiger partial charge is 0.263 e. The first-order valence-corrected chi connectivity index (χ1v) is 6.87. The van der Waals surface area contributed by atoms with Crippen molar-refractivity contribution in [3.63, 3.8) is 0 Å². The molecular weight excluding hydrogens is 240 g/mol. The van der Waals surface area contributed by atoms with E-state index in [1.165, 1.54) is 17.7 Å². The van der Waals surface area contributed by atoms with E-state index in [1.807, 2.05) is 6.92 Å². The first kappa shape index (κ1) is 12.2. The third-order valence-electron chi connectivity index (χ3n) is 4.47. The highest BCUT2D eigenvalue weighted by molar-refractivity contribution is 6.23. The second kappa shape index (κ2) is 4.37. The third-order valence-corrected chi connectivity index (χ3v) is 4.47. The Kier molecular flexibility index (Phi) is 2.81. The largest absolute Gasteiger partial charge is 0.398 e. The van der Waals surface area contributed by atoms with Crippen LogP contribution in [0.2, 0.25) is 0 Å². The topological polar surface area (TPSA) is 63.4 Å². The molecule has 1 fully saturated rings. The van der Waals surface area contributed by atoms with Gasteiger partial charge in [-0.3, -0.25) is 14.5 Å². The summed E-state index contributed by atoms with van der Waals surface area (Å²) in [5.41, 5.74) is 7.08. The first-order chi connectivity index (χ1) is 9.11. The summed E-state index contributed by atoms with van der Waals surface area (Å²) in [7, 11) is 0. The lowest BCUT2D eigenvalue weighted by atomic mass is 9.98. The summed E-state index contributed by atoms with van der Waals surface area (Å²) >= 11 is 0. The first-order valence-electron chi connectivity index (χ1n) is 6.87. The molecule has 0 aromatic heterocycles. The van der Waals surface area contributed by atoms with Crippen LogP contribution in [0.5, 0.6) is 0 Å². The molecule has 1 aromatic rings. The van der Waals surface area contributed by atoms with Crippen molar-refractivity contribution < 1.29 is 9.59 Å². The number of nitrogen functional groups attached to an aromatic ring is 1. The lowest BCUT2D eigenvalue weighted by Gasteiger charge is -2.27. The highest BCUT2D eigenvalue weighted by atomic mass is 16.2. The van der Waals surface area contributed by atoms with Crippen LogP contribution in [0.1, 0.15) is 53.3 Å². The van der Waals surface area contributed by atoms with E-state index in [2.05, 4.69) is 0 Å². The summed E-state index contributed by atoms with van der Waals surface area (Å²) in [6.45, 7) is 1.98. The number of rotatable bonds is 2. The number of anilines is 1. The second-order valence-electron chi connectivity index (χ2n) is 5.54. The van der Waals surface area contributed by atoms with Crippen molar-refractivity contribution in [1.29, 1.82) is 0 Å². The Morgan fingerprint density at radius 1 is 1.21 bits per heavy atom. The van der Waals surface area contributed by atoms with Crippen LogP contribution in [-0.2, 0) is 0 Å². The minimum absolute atomic E-state index is 0.0331. The maximum Gasteiger partial charge on any atom is 0.263 e. The van der Waals surface area contributed by atoms with Gasteiger partial charge in [-0.1, -0.05) is 18.9 Å². The molecule has 4 heteroatoms. The third kappa shape index (κ3) is 1.74. The van der Waals surface area contributed by atoms with Gasteiger partial charge in [-0.05, 0) is 37.8 Å². The Balaban J connectivity index is 1.96. The summed E-state index contributed by atoms with van der Waals surface area (Å²) in [6, 6.07) is 5.05. The summed E-state index contributed by atoms with van der Waals surface area (Å²) < 4.78 is 0. The minimum atomic E-state index is -0.225. The van der Waals surface area contributed by atoms with Crippen LogP contribution in [0.15, 0.2) is 18.2 Å². The standard InChI is InChI=1S/C15H18N2O2/c1-9(10-5-2-3-6-10)17-14(18)11-7-4-8-12(16)13(11)15(17)19/h4,7-10H,2-3,5-6,16H2,1H3. The summed E-state index contributed by atoms with van der Waals surface area (Å²) in [6.07, 6.45) is 4.59. The van der Waals surface area contributed by atoms with Crippen molar-refractivity contribution in [3.05, 3.63) is 29.3 Å². The number of imide groups is 1. The number of nitrogens with two attached hydrogens (primary N) is 1. The van der Waals surface area contributed by atoms with Crippen molar-refractivity contribution in [2.75, 3.05) is 5.73 Å². The molecule has 100 valence electrons. The number of fused-ring (bicyclic) bond motifs is 1. The molecule has 1 aromatic carbocycles. The van der Waals surface area contributed by atoms with Gasteiger partial charge in [0, 0.05) is 11.7 Å². The van der Waals surface area contributed by atoms with E-state index in [4.69, 9.17) is 5.73 Å². The molecule has 19 heavy (non-hydrogen) atoms. The number of benzene rings is 1. The number of amides is 2. The Labute approximate surface area is 112 Å². The highest BCUT2D eigenvalue weighted by Gasteiger charge is 2.42. The molecule has 1 atom stereocenters. The van der Waals surface area contributed by atoms with Crippen LogP contribution < -0.4 is 5.73 Å². The van der Waals surface area contributed by atoms with E-state index in [0.717, 1.165) is 12.8 Å². The van der Waals surface area contributed by atoms with Crippen LogP contribution in [-0.4, -0.2) is 22.8 Å². The van der Waals surface area contributed by atoms with Crippen LogP contribution in [0.3, 0.4) is 0 Å². The summed E-state index contributed by atoms with van der Waals surface area (Å²) in [5.74, 6) is 0.0210. The molecule has 4 nitrogen and oxygen atoms in total. The van der Waals surface area contributed by atoms with Gasteiger partial charge in [0.15, 0.2) is 0 Å². The Morgan fingerprint density at radius 2 is 1.89 bits per heavy atom. The fraction of sp³-hybridized carbons (Fsp3) is 0.467. The molecule has 1 saturated carbocycles. The molecule has 0 spiro atoms. The SMILES string of the molecule is CC(C1CCCC1)N1C(=O)c2cccc(N)c2C1=O. The normalized spacial score (nSPS) is 21.0. The van der Waals surface area contributed by atoms with Gasteiger partial charge in [0.25, 0.3) is 11.8 Å². The van der Waals surface area contributed by atoms with Gasteiger partial charge in [-0.25, -0.2) is 0 Å². The number of hydrogen-bond donors (Lipinski definition) is 1. The lowest BCUT2D eigenvalue weighted by Crippen LogP contribution is -2.41. The Bertz CT molecular complexity index is 547. The minimum Gasteiger partial charge on any atom is -0.398 e. The molecule has 0 radical (unpaired) electrons. The van der Waals surface area contributed by atoms with Gasteiger partial charge in [0.05, 0.1) is 11.1 Å². The molecule has 1 heterocycles. The molecule has 1 aliphatic heterocycles. The van der Waals surface area contributed by atoms with Gasteiger partial charge >= 0.3 is 0 Å². The second-order valence-corrected chi connectivity index (χ2v) is 5.54. The summed E-state index contributed by atoms with van der Waals surface area (Å²) in [4.78, 5) is 26.3. The van der Waals surface area contributed by atoms with E-state index >= 15 is 0 Å². The average molecular weight is 258 g/mol. The molecule has 1 unspecified atom stereocenters. The molecular formula is C15H18N2O2. The number of hydrogen-bond acceptors (Lipinski definition) is 3. The monoisotopic (exact) mass is 258 g/mol. The van der Waals surface area contributed by atoms with Crippen molar-refractivity contribution in [3.8, 4) is 0 Å². The van der Waals surface area contributed by atoms with E-state index in [1.54, 1.807) is 18.2 Å². The predicted octanol–water partition coefficient (Wildman–Crippen LogP) is 2.44. The zero-order valence-electron chi connectivity index (χ0n) is 11.1. The van der Waals surface area contributed by atoms with Crippen molar-refractivity contribution in [1.82, 2.24) is 4.90 Å². The Hall–Kier alpha value is -1.84. The number of carbonyl (C=O) groups excluding carboxylic acids is 2. The molecule has 3 rings (SSSR count). The Morgan fingerprint density at radius 3 is 2.53 bits per heavy atom. The van der Waals surface area contributed by atoms with Crippen LogP contribution in [0.25, 0.3) is 0 Å². The fourth-order valence-electron chi connectivity index (χ4n) is 3.35. The molecule has 1 aliphatic carbocycles. The molecule has 2 amide bonds. The average Bonchev–Trinajstić information content (AvgIpc) is 2.98. The quantitative estimate of drug-likeness (QED) is 0.654. The van der Waals surface area contributed by atoms with Gasteiger partial charge in [-0.15, -0.1) is 0 Å². The predicted molar refractivity (Wildman–Crippen MR) is 72.8 cm³/mol. The van der Waals surface area contributed by atoms with Crippen LogP contribution >= 0.6 is 0 Å². The van der Waals surface area contributed by atoms with Crippen molar-refractivity contribution >= 4 is 17.5 Å². The van der Waals surface area contributed by atoms with E-state index in [0.29, 0.717) is 22.7 Å². The number of nitrogens with zero attached hydrogens (tertiary/aromatic N) is 1. The van der Waals surface area contributed by atoms with Crippen LogP contribution in [0.4, 0.5) is 5.69 Å². The van der Waals surface area contributed by atoms with E-state index < -0.39 is 0 Å². The van der Waals surface area contributed by atoms with Crippen molar-refractivity contribution in [2.45, 2.75) is 38.6 Å². The highest BCUT2D eigenvalue weighted by Crippen LogP contribution is 2.35. The van der Waals surface area contributed by atoms with Crippen molar-refractivity contribution in [2.24, 2.45) is 5.92 Å². The van der Waals surface area contributed by atoms with Crippen LogP contribution in [0, 0.1) is 5.92 Å². The molecule has 0 bridgehead atoms. The van der Waals surface area contributed by atoms with E-state index in [-0.39, 0.29) is 17.9 Å². The summed E-state index contributed by atoms with van der Waals surface area (Å²) in [5, 5.41) is 0. The van der Waals surface area contributed by atoms with Gasteiger partial charge < -0.3 is 5.73 Å². The molecule has 2 aliphatic rings. The maximum atomic E-state index is 12.5. The fourth-order valence-corrected chi connectivity index (χ4v) is 3.35. The maximum absolute atomic E-state index is 12.5. The zero-order chi connectivity index (χ0) is 13.6. The lowest BCUT2D eigenvalue weighted by molar-refractivity contribution is 0.0547. The molecule has 0 saturated heterocycles. The number of carbonyl (C=O) groups is 2. The van der Waals surface area contributed by atoms with E-state index in [9.17, 15) is 9.59 Å².